The number of halogens is 1. The second-order valence-electron chi connectivity index (χ2n) is 7.71. The van der Waals surface area contributed by atoms with Crippen LogP contribution in [-0.4, -0.2) is 14.9 Å². The molecule has 0 spiro atoms. The van der Waals surface area contributed by atoms with E-state index >= 15 is 0 Å². The molecular weight excluding hydrogens is 418 g/mol. The van der Waals surface area contributed by atoms with Crippen molar-refractivity contribution < 1.29 is 33.1 Å². The fourth-order valence-corrected chi connectivity index (χ4v) is 5.57. The van der Waals surface area contributed by atoms with Crippen LogP contribution in [0.4, 0.5) is 0 Å². The molecule has 128 valence electrons. The summed E-state index contributed by atoms with van der Waals surface area (Å²) in [5.41, 5.74) is 1.12. The summed E-state index contributed by atoms with van der Waals surface area (Å²) < 4.78 is 10.6. The third kappa shape index (κ3) is 5.46. The van der Waals surface area contributed by atoms with Crippen molar-refractivity contribution in [2.24, 2.45) is 7.05 Å². The zero-order valence-electron chi connectivity index (χ0n) is 15.2. The molecule has 5 heteroatoms. The van der Waals surface area contributed by atoms with Crippen molar-refractivity contribution in [3.05, 3.63) is 43.0 Å². The maximum atomic E-state index is 6.46. The Hall–Kier alpha value is -0.610. The first-order chi connectivity index (χ1) is 10.1. The maximum absolute atomic E-state index is 6.46. The van der Waals surface area contributed by atoms with Crippen LogP contribution in [0.1, 0.15) is 41.5 Å². The van der Waals surface area contributed by atoms with Crippen LogP contribution < -0.4 is 33.1 Å². The quantitative estimate of drug-likeness (QED) is 0.399. The van der Waals surface area contributed by atoms with Gasteiger partial charge >= 0.3 is 0 Å². The standard InChI is InChI=1S/C18H28N2OP.HI/c1-17(2,3)22(18(4,5)6)21-16-10-8-9-15(13-16)20-12-11-19(7)14-20;/h8-14H,1-7H3;1H/q+1;/p-1. The van der Waals surface area contributed by atoms with Crippen molar-refractivity contribution in [1.82, 2.24) is 4.57 Å². The monoisotopic (exact) mass is 446 g/mol. The summed E-state index contributed by atoms with van der Waals surface area (Å²) in [5.74, 6) is 0.949. The van der Waals surface area contributed by atoms with Crippen LogP contribution in [0.2, 0.25) is 0 Å². The number of rotatable bonds is 3. The van der Waals surface area contributed by atoms with Gasteiger partial charge in [0.2, 0.25) is 6.33 Å². The molecule has 0 aliphatic rings. The molecule has 0 bridgehead atoms. The second kappa shape index (κ2) is 7.52. The van der Waals surface area contributed by atoms with Gasteiger partial charge < -0.3 is 28.5 Å². The minimum Gasteiger partial charge on any atom is -1.00 e. The Morgan fingerprint density at radius 2 is 1.65 bits per heavy atom. The Morgan fingerprint density at radius 3 is 2.13 bits per heavy atom. The zero-order valence-corrected chi connectivity index (χ0v) is 18.2. The molecule has 0 radical (unpaired) electrons. The van der Waals surface area contributed by atoms with Crippen LogP contribution in [0.15, 0.2) is 43.0 Å². The van der Waals surface area contributed by atoms with Gasteiger partial charge in [0.25, 0.3) is 0 Å². The van der Waals surface area contributed by atoms with Gasteiger partial charge in [0.15, 0.2) is 0 Å². The van der Waals surface area contributed by atoms with E-state index in [-0.39, 0.29) is 34.3 Å². The van der Waals surface area contributed by atoms with E-state index in [2.05, 4.69) is 82.9 Å². The molecule has 0 aliphatic carbocycles. The van der Waals surface area contributed by atoms with Crippen molar-refractivity contribution in [3.63, 3.8) is 0 Å². The fraction of sp³-hybridized carbons (Fsp3) is 0.500. The Balaban J connectivity index is 0.00000264. The molecule has 1 aromatic heterocycles. The van der Waals surface area contributed by atoms with E-state index < -0.39 is 8.15 Å². The van der Waals surface area contributed by atoms with E-state index in [0.717, 1.165) is 11.4 Å². The third-order valence-electron chi connectivity index (χ3n) is 3.30. The van der Waals surface area contributed by atoms with Crippen molar-refractivity contribution in [2.45, 2.75) is 51.9 Å². The van der Waals surface area contributed by atoms with Crippen LogP contribution in [0.25, 0.3) is 5.69 Å². The zero-order chi connectivity index (χ0) is 16.5. The fourth-order valence-electron chi connectivity index (χ4n) is 2.69. The molecule has 1 aromatic carbocycles. The predicted molar refractivity (Wildman–Crippen MR) is 94.0 cm³/mol. The predicted octanol–water partition coefficient (Wildman–Crippen LogP) is 1.68. The molecule has 2 rings (SSSR count). The van der Waals surface area contributed by atoms with E-state index in [9.17, 15) is 0 Å². The number of nitrogens with zero attached hydrogens (tertiary/aromatic N) is 2. The number of hydrogen-bond donors (Lipinski definition) is 0. The summed E-state index contributed by atoms with van der Waals surface area (Å²) in [5, 5.41) is 0.285. The topological polar surface area (TPSA) is 18.0 Å². The van der Waals surface area contributed by atoms with Crippen LogP contribution in [-0.2, 0) is 7.05 Å². The van der Waals surface area contributed by atoms with E-state index in [1.54, 1.807) is 0 Å². The van der Waals surface area contributed by atoms with Gasteiger partial charge in [-0.15, -0.1) is 0 Å². The lowest BCUT2D eigenvalue weighted by molar-refractivity contribution is -0.670. The highest BCUT2D eigenvalue weighted by Gasteiger charge is 2.37. The molecule has 0 unspecified atom stereocenters. The first kappa shape index (κ1) is 20.4. The highest BCUT2D eigenvalue weighted by molar-refractivity contribution is 7.56. The lowest BCUT2D eigenvalue weighted by Crippen LogP contribution is -3.00. The summed E-state index contributed by atoms with van der Waals surface area (Å²) >= 11 is 0. The molecule has 0 amide bonds. The average Bonchev–Trinajstić information content (AvgIpc) is 2.80. The summed E-state index contributed by atoms with van der Waals surface area (Å²) in [6, 6.07) is 8.33. The van der Waals surface area contributed by atoms with Gasteiger partial charge in [0.05, 0.1) is 15.2 Å². The average molecular weight is 446 g/mol. The lowest BCUT2D eigenvalue weighted by Gasteiger charge is -2.39. The molecule has 2 aromatic rings. The van der Waals surface area contributed by atoms with Crippen molar-refractivity contribution >= 4 is 8.15 Å². The van der Waals surface area contributed by atoms with Crippen LogP contribution in [0.3, 0.4) is 0 Å². The Kier molecular flexibility index (Phi) is 6.68. The molecule has 0 saturated carbocycles. The molecule has 0 fully saturated rings. The van der Waals surface area contributed by atoms with E-state index in [0.29, 0.717) is 0 Å². The molecular formula is C18H28IN2OP. The summed E-state index contributed by atoms with van der Waals surface area (Å²) in [7, 11) is 1.41. The normalized spacial score (nSPS) is 12.2. The molecule has 1 heterocycles. The van der Waals surface area contributed by atoms with E-state index in [4.69, 9.17) is 4.52 Å². The molecule has 23 heavy (non-hydrogen) atoms. The van der Waals surface area contributed by atoms with Crippen molar-refractivity contribution in [3.8, 4) is 11.4 Å². The molecule has 0 N–H and O–H groups in total. The number of aryl methyl sites for hydroxylation is 1. The number of aromatic nitrogens is 2. The molecule has 0 saturated heterocycles. The van der Waals surface area contributed by atoms with Gasteiger partial charge in [-0.2, -0.15) is 0 Å². The van der Waals surface area contributed by atoms with Gasteiger partial charge in [0.1, 0.15) is 23.8 Å². The third-order valence-corrected chi connectivity index (χ3v) is 6.13. The van der Waals surface area contributed by atoms with Gasteiger partial charge in [-0.3, -0.25) is 0 Å². The Morgan fingerprint density at radius 1 is 1.04 bits per heavy atom. The Bertz CT molecular complexity index is 627. The first-order valence-electron chi connectivity index (χ1n) is 7.69. The summed E-state index contributed by atoms with van der Waals surface area (Å²) in [4.78, 5) is 0. The van der Waals surface area contributed by atoms with Gasteiger partial charge in [0, 0.05) is 16.4 Å². The van der Waals surface area contributed by atoms with Gasteiger partial charge in [-0.25, -0.2) is 9.13 Å². The SMILES string of the molecule is C[n+]1ccn(-c2cccc(OP(C(C)(C)C)C(C)(C)C)c2)c1.[I-]. The summed E-state index contributed by atoms with van der Waals surface area (Å²) in [6.07, 6.45) is 6.13. The van der Waals surface area contributed by atoms with Crippen molar-refractivity contribution in [1.29, 1.82) is 0 Å². The van der Waals surface area contributed by atoms with Crippen LogP contribution >= 0.6 is 8.15 Å². The van der Waals surface area contributed by atoms with E-state index in [1.807, 2.05) is 17.8 Å². The first-order valence-corrected chi connectivity index (χ1v) is 8.95. The largest absolute Gasteiger partial charge is 1.00 e. The maximum Gasteiger partial charge on any atom is 0.248 e. The summed E-state index contributed by atoms with van der Waals surface area (Å²) in [6.45, 7) is 13.6. The molecule has 0 atom stereocenters. The second-order valence-corrected chi connectivity index (χ2v) is 11.2. The Labute approximate surface area is 158 Å². The van der Waals surface area contributed by atoms with Crippen LogP contribution in [0.5, 0.6) is 5.75 Å². The number of imidazole rings is 1. The lowest BCUT2D eigenvalue weighted by atomic mass is 10.2. The minimum atomic E-state index is -0.610. The number of hydrogen-bond acceptors (Lipinski definition) is 1. The highest BCUT2D eigenvalue weighted by atomic mass is 127. The highest BCUT2D eigenvalue weighted by Crippen LogP contribution is 2.59. The van der Waals surface area contributed by atoms with Gasteiger partial charge in [-0.05, 0) is 12.1 Å². The molecule has 0 aliphatic heterocycles. The van der Waals surface area contributed by atoms with Gasteiger partial charge in [-0.1, -0.05) is 47.6 Å². The number of benzene rings is 1. The van der Waals surface area contributed by atoms with Crippen LogP contribution in [0, 0.1) is 0 Å². The van der Waals surface area contributed by atoms with Crippen molar-refractivity contribution in [2.75, 3.05) is 0 Å². The van der Waals surface area contributed by atoms with E-state index in [1.165, 1.54) is 0 Å². The smallest absolute Gasteiger partial charge is 0.248 e. The molecule has 3 nitrogen and oxygen atoms in total. The minimum absolute atomic E-state index is 0.